The highest BCUT2D eigenvalue weighted by molar-refractivity contribution is 5.96. The third-order valence-electron chi connectivity index (χ3n) is 4.26. The minimum absolute atomic E-state index is 0.00916. The Hall–Kier alpha value is -1.92. The first-order chi connectivity index (χ1) is 11.0. The van der Waals surface area contributed by atoms with Gasteiger partial charge < -0.3 is 20.7 Å². The number of nitrogens with two attached hydrogens (primary N) is 1. The van der Waals surface area contributed by atoms with Crippen molar-refractivity contribution in [2.24, 2.45) is 11.7 Å². The Labute approximate surface area is 137 Å². The molecule has 1 aliphatic rings. The molecule has 0 aliphatic carbocycles. The van der Waals surface area contributed by atoms with E-state index in [4.69, 9.17) is 10.5 Å². The van der Waals surface area contributed by atoms with Crippen LogP contribution < -0.4 is 11.1 Å². The van der Waals surface area contributed by atoms with Crippen LogP contribution in [0.3, 0.4) is 0 Å². The number of ether oxygens (including phenoxy) is 1. The number of hydrogen-bond acceptors (Lipinski definition) is 4. The van der Waals surface area contributed by atoms with Gasteiger partial charge in [-0.3, -0.25) is 9.59 Å². The van der Waals surface area contributed by atoms with Crippen LogP contribution in [0.2, 0.25) is 0 Å². The largest absolute Gasteiger partial charge is 0.381 e. The Bertz CT molecular complexity index is 539. The molecule has 126 valence electrons. The lowest BCUT2D eigenvalue weighted by Crippen LogP contribution is -2.40. The van der Waals surface area contributed by atoms with E-state index >= 15 is 0 Å². The van der Waals surface area contributed by atoms with Crippen molar-refractivity contribution in [2.45, 2.75) is 25.8 Å². The van der Waals surface area contributed by atoms with Crippen molar-refractivity contribution in [2.75, 3.05) is 32.1 Å². The molecule has 6 heteroatoms. The van der Waals surface area contributed by atoms with Gasteiger partial charge in [-0.15, -0.1) is 0 Å². The highest BCUT2D eigenvalue weighted by atomic mass is 16.5. The standard InChI is InChI=1S/C17H25N3O3/c1-12(11-18)16(21)19-14-5-3-13(4-6-14)17(22)20(2)15-7-9-23-10-8-15/h3-6,12,15H,7-11,18H2,1-2H3,(H,19,21). The van der Waals surface area contributed by atoms with Crippen molar-refractivity contribution in [1.29, 1.82) is 0 Å². The summed E-state index contributed by atoms with van der Waals surface area (Å²) in [5.74, 6) is -0.369. The number of carbonyl (C=O) groups excluding carboxylic acids is 2. The number of benzene rings is 1. The van der Waals surface area contributed by atoms with Gasteiger partial charge in [0.05, 0.1) is 0 Å². The summed E-state index contributed by atoms with van der Waals surface area (Å²) in [5.41, 5.74) is 6.76. The van der Waals surface area contributed by atoms with Gasteiger partial charge in [0, 0.05) is 50.0 Å². The van der Waals surface area contributed by atoms with Gasteiger partial charge in [0.15, 0.2) is 0 Å². The summed E-state index contributed by atoms with van der Waals surface area (Å²) in [6.45, 7) is 3.48. The smallest absolute Gasteiger partial charge is 0.253 e. The maximum atomic E-state index is 12.5. The molecular weight excluding hydrogens is 294 g/mol. The first kappa shape index (κ1) is 17.4. The molecule has 1 aliphatic heterocycles. The van der Waals surface area contributed by atoms with Gasteiger partial charge in [-0.1, -0.05) is 6.92 Å². The van der Waals surface area contributed by atoms with Crippen LogP contribution in [-0.2, 0) is 9.53 Å². The molecule has 23 heavy (non-hydrogen) atoms. The molecule has 1 unspecified atom stereocenters. The molecule has 0 radical (unpaired) electrons. The molecule has 0 bridgehead atoms. The molecule has 1 saturated heterocycles. The summed E-state index contributed by atoms with van der Waals surface area (Å²) in [6.07, 6.45) is 1.74. The fourth-order valence-corrected chi connectivity index (χ4v) is 2.51. The van der Waals surface area contributed by atoms with E-state index in [9.17, 15) is 9.59 Å². The second-order valence-corrected chi connectivity index (χ2v) is 5.96. The van der Waals surface area contributed by atoms with Crippen LogP contribution in [-0.4, -0.2) is 49.6 Å². The van der Waals surface area contributed by atoms with Gasteiger partial charge in [-0.05, 0) is 37.1 Å². The number of nitrogens with zero attached hydrogens (tertiary/aromatic N) is 1. The van der Waals surface area contributed by atoms with Gasteiger partial charge in [0.25, 0.3) is 5.91 Å². The van der Waals surface area contributed by atoms with Crippen LogP contribution in [0.1, 0.15) is 30.1 Å². The van der Waals surface area contributed by atoms with Gasteiger partial charge in [-0.2, -0.15) is 0 Å². The second kappa shape index (κ2) is 8.08. The Balaban J connectivity index is 1.98. The van der Waals surface area contributed by atoms with E-state index in [0.717, 1.165) is 12.8 Å². The SMILES string of the molecule is CC(CN)C(=O)Nc1ccc(C(=O)N(C)C2CCOCC2)cc1. The molecule has 2 amide bonds. The number of hydrogen-bond donors (Lipinski definition) is 2. The maximum absolute atomic E-state index is 12.5. The van der Waals surface area contributed by atoms with Crippen molar-refractivity contribution in [3.63, 3.8) is 0 Å². The molecule has 1 atom stereocenters. The number of anilines is 1. The summed E-state index contributed by atoms with van der Waals surface area (Å²) in [6, 6.07) is 7.18. The predicted molar refractivity (Wildman–Crippen MR) is 89.2 cm³/mol. The predicted octanol–water partition coefficient (Wildman–Crippen LogP) is 1.47. The second-order valence-electron chi connectivity index (χ2n) is 5.96. The van der Waals surface area contributed by atoms with E-state index in [2.05, 4.69) is 5.32 Å². The van der Waals surface area contributed by atoms with Crippen molar-refractivity contribution in [3.05, 3.63) is 29.8 Å². The molecule has 1 aromatic carbocycles. The highest BCUT2D eigenvalue weighted by Gasteiger charge is 2.23. The average Bonchev–Trinajstić information content (AvgIpc) is 2.61. The number of carbonyl (C=O) groups is 2. The summed E-state index contributed by atoms with van der Waals surface area (Å²) in [5, 5.41) is 2.79. The van der Waals surface area contributed by atoms with E-state index in [1.807, 2.05) is 7.05 Å². The molecule has 6 nitrogen and oxygen atoms in total. The van der Waals surface area contributed by atoms with Crippen molar-refractivity contribution < 1.29 is 14.3 Å². The topological polar surface area (TPSA) is 84.7 Å². The maximum Gasteiger partial charge on any atom is 0.253 e. The summed E-state index contributed by atoms with van der Waals surface area (Å²) in [4.78, 5) is 26.1. The monoisotopic (exact) mass is 319 g/mol. The van der Waals surface area contributed by atoms with E-state index < -0.39 is 0 Å². The lowest BCUT2D eigenvalue weighted by atomic mass is 10.1. The van der Waals surface area contributed by atoms with Crippen molar-refractivity contribution in [1.82, 2.24) is 4.90 Å². The molecule has 1 heterocycles. The lowest BCUT2D eigenvalue weighted by Gasteiger charge is -2.31. The number of amides is 2. The molecule has 0 spiro atoms. The average molecular weight is 319 g/mol. The fraction of sp³-hybridized carbons (Fsp3) is 0.529. The molecule has 1 fully saturated rings. The Morgan fingerprint density at radius 3 is 2.48 bits per heavy atom. The minimum atomic E-state index is -0.240. The first-order valence-electron chi connectivity index (χ1n) is 7.99. The molecule has 1 aromatic rings. The zero-order chi connectivity index (χ0) is 16.8. The highest BCUT2D eigenvalue weighted by Crippen LogP contribution is 2.17. The fourth-order valence-electron chi connectivity index (χ4n) is 2.51. The van der Waals surface area contributed by atoms with Gasteiger partial charge in [0.1, 0.15) is 0 Å². The number of nitrogens with one attached hydrogen (secondary N) is 1. The Kier molecular flexibility index (Phi) is 6.12. The zero-order valence-corrected chi connectivity index (χ0v) is 13.7. The van der Waals surface area contributed by atoms with Crippen molar-refractivity contribution in [3.8, 4) is 0 Å². The third kappa shape index (κ3) is 4.53. The lowest BCUT2D eigenvalue weighted by molar-refractivity contribution is -0.119. The first-order valence-corrected chi connectivity index (χ1v) is 7.99. The normalized spacial score (nSPS) is 16.7. The molecular formula is C17H25N3O3. The van der Waals surface area contributed by atoms with E-state index in [0.29, 0.717) is 31.0 Å². The zero-order valence-electron chi connectivity index (χ0n) is 13.7. The number of rotatable bonds is 5. The van der Waals surface area contributed by atoms with E-state index in [-0.39, 0.29) is 23.8 Å². The van der Waals surface area contributed by atoms with Gasteiger partial charge in [0.2, 0.25) is 5.91 Å². The molecule has 0 saturated carbocycles. The van der Waals surface area contributed by atoms with Crippen LogP contribution in [0.15, 0.2) is 24.3 Å². The molecule has 0 aromatic heterocycles. The Morgan fingerprint density at radius 2 is 1.91 bits per heavy atom. The quantitative estimate of drug-likeness (QED) is 0.861. The molecule has 2 rings (SSSR count). The molecule has 3 N–H and O–H groups in total. The van der Waals surface area contributed by atoms with Gasteiger partial charge >= 0.3 is 0 Å². The summed E-state index contributed by atoms with van der Waals surface area (Å²) < 4.78 is 5.33. The third-order valence-corrected chi connectivity index (χ3v) is 4.26. The van der Waals surface area contributed by atoms with Crippen LogP contribution in [0, 0.1) is 5.92 Å². The van der Waals surface area contributed by atoms with Crippen LogP contribution in [0.25, 0.3) is 0 Å². The summed E-state index contributed by atoms with van der Waals surface area (Å²) in [7, 11) is 1.83. The van der Waals surface area contributed by atoms with Gasteiger partial charge in [-0.25, -0.2) is 0 Å². The van der Waals surface area contributed by atoms with Crippen molar-refractivity contribution >= 4 is 17.5 Å². The van der Waals surface area contributed by atoms with E-state index in [1.165, 1.54) is 0 Å². The Morgan fingerprint density at radius 1 is 1.30 bits per heavy atom. The van der Waals surface area contributed by atoms with E-state index in [1.54, 1.807) is 36.1 Å². The summed E-state index contributed by atoms with van der Waals surface area (Å²) >= 11 is 0. The van der Waals surface area contributed by atoms with Crippen LogP contribution >= 0.6 is 0 Å². The van der Waals surface area contributed by atoms with Crippen LogP contribution in [0.5, 0.6) is 0 Å². The minimum Gasteiger partial charge on any atom is -0.381 e. The van der Waals surface area contributed by atoms with Crippen LogP contribution in [0.4, 0.5) is 5.69 Å².